The summed E-state index contributed by atoms with van der Waals surface area (Å²) in [5.41, 5.74) is 5.73. The number of aromatic nitrogens is 1. The quantitative estimate of drug-likeness (QED) is 0.894. The van der Waals surface area contributed by atoms with Crippen LogP contribution >= 0.6 is 0 Å². The first-order valence-electron chi connectivity index (χ1n) is 7.69. The van der Waals surface area contributed by atoms with Gasteiger partial charge in [-0.2, -0.15) is 0 Å². The summed E-state index contributed by atoms with van der Waals surface area (Å²) in [7, 11) is 0. The first-order valence-corrected chi connectivity index (χ1v) is 7.69. The fourth-order valence-corrected chi connectivity index (χ4v) is 3.74. The molecule has 0 spiro atoms. The molecule has 0 radical (unpaired) electrons. The lowest BCUT2D eigenvalue weighted by Crippen LogP contribution is -2.28. The summed E-state index contributed by atoms with van der Waals surface area (Å²) < 4.78 is 0. The molecule has 0 saturated carbocycles. The molecule has 4 rings (SSSR count). The maximum absolute atomic E-state index is 4.60. The van der Waals surface area contributed by atoms with Crippen LogP contribution in [0.1, 0.15) is 53.7 Å². The Balaban J connectivity index is 1.59. The van der Waals surface area contributed by atoms with Crippen LogP contribution < -0.4 is 5.32 Å². The third-order valence-corrected chi connectivity index (χ3v) is 4.73. The average Bonchev–Trinajstić information content (AvgIpc) is 2.91. The van der Waals surface area contributed by atoms with Crippen LogP contribution in [0.5, 0.6) is 0 Å². The van der Waals surface area contributed by atoms with E-state index in [2.05, 4.69) is 46.7 Å². The van der Waals surface area contributed by atoms with Gasteiger partial charge >= 0.3 is 0 Å². The summed E-state index contributed by atoms with van der Waals surface area (Å²) in [6.45, 7) is 0. The van der Waals surface area contributed by atoms with Gasteiger partial charge in [-0.25, -0.2) is 0 Å². The van der Waals surface area contributed by atoms with Crippen LogP contribution in [0.3, 0.4) is 0 Å². The minimum absolute atomic E-state index is 0.433. The van der Waals surface area contributed by atoms with Gasteiger partial charge in [0.25, 0.3) is 0 Å². The van der Waals surface area contributed by atoms with E-state index in [-0.39, 0.29) is 0 Å². The van der Waals surface area contributed by atoms with E-state index in [4.69, 9.17) is 0 Å². The van der Waals surface area contributed by atoms with E-state index in [0.29, 0.717) is 12.1 Å². The summed E-state index contributed by atoms with van der Waals surface area (Å²) in [4.78, 5) is 4.60. The molecule has 2 heteroatoms. The van der Waals surface area contributed by atoms with E-state index in [1.807, 2.05) is 6.20 Å². The zero-order valence-electron chi connectivity index (χ0n) is 11.7. The molecule has 1 N–H and O–H groups in total. The van der Waals surface area contributed by atoms with Gasteiger partial charge in [0.05, 0.1) is 11.7 Å². The number of hydrogen-bond donors (Lipinski definition) is 1. The predicted octanol–water partition coefficient (Wildman–Crippen LogP) is 3.74. The van der Waals surface area contributed by atoms with Gasteiger partial charge in [0.2, 0.25) is 0 Å². The van der Waals surface area contributed by atoms with Crippen LogP contribution in [-0.4, -0.2) is 4.98 Å². The Kier molecular flexibility index (Phi) is 3.04. The summed E-state index contributed by atoms with van der Waals surface area (Å²) in [5, 5.41) is 3.87. The first-order chi connectivity index (χ1) is 9.92. The van der Waals surface area contributed by atoms with Gasteiger partial charge in [0, 0.05) is 12.2 Å². The van der Waals surface area contributed by atoms with E-state index in [1.165, 1.54) is 48.1 Å². The molecule has 0 aliphatic heterocycles. The van der Waals surface area contributed by atoms with Crippen molar-refractivity contribution in [3.05, 3.63) is 65.0 Å². The number of benzene rings is 1. The Bertz CT molecular complexity index is 620. The highest BCUT2D eigenvalue weighted by Gasteiger charge is 2.28. The summed E-state index contributed by atoms with van der Waals surface area (Å²) in [5.74, 6) is 0. The molecule has 0 bridgehead atoms. The van der Waals surface area contributed by atoms with E-state index in [0.717, 1.165) is 6.42 Å². The average molecular weight is 264 g/mol. The minimum Gasteiger partial charge on any atom is -0.302 e. The molecular formula is C18H20N2. The Morgan fingerprint density at radius 3 is 2.80 bits per heavy atom. The van der Waals surface area contributed by atoms with Crippen LogP contribution in [-0.2, 0) is 12.8 Å². The van der Waals surface area contributed by atoms with E-state index < -0.39 is 0 Å². The van der Waals surface area contributed by atoms with Gasteiger partial charge < -0.3 is 5.32 Å². The first kappa shape index (κ1) is 12.1. The van der Waals surface area contributed by atoms with Crippen molar-refractivity contribution >= 4 is 0 Å². The van der Waals surface area contributed by atoms with Crippen molar-refractivity contribution in [2.75, 3.05) is 0 Å². The zero-order chi connectivity index (χ0) is 13.4. The molecule has 1 aromatic heterocycles. The molecule has 1 heterocycles. The van der Waals surface area contributed by atoms with Gasteiger partial charge in [0.15, 0.2) is 0 Å². The Labute approximate surface area is 120 Å². The number of nitrogens with one attached hydrogen (secondary N) is 1. The van der Waals surface area contributed by atoms with E-state index in [1.54, 1.807) is 0 Å². The maximum atomic E-state index is 4.60. The second-order valence-corrected chi connectivity index (χ2v) is 5.95. The molecule has 1 aromatic carbocycles. The fraction of sp³-hybridized carbons (Fsp3) is 0.389. The lowest BCUT2D eigenvalue weighted by atomic mass is 9.87. The second kappa shape index (κ2) is 5.02. The van der Waals surface area contributed by atoms with Crippen molar-refractivity contribution in [1.82, 2.24) is 10.3 Å². The van der Waals surface area contributed by atoms with Crippen LogP contribution in [0, 0.1) is 0 Å². The Hall–Kier alpha value is -1.67. The van der Waals surface area contributed by atoms with Gasteiger partial charge in [-0.3, -0.25) is 4.98 Å². The number of fused-ring (bicyclic) bond motifs is 2. The van der Waals surface area contributed by atoms with Gasteiger partial charge in [-0.05, 0) is 54.9 Å². The third-order valence-electron chi connectivity index (χ3n) is 4.73. The molecule has 0 amide bonds. The summed E-state index contributed by atoms with van der Waals surface area (Å²) in [6.07, 6.45) is 8.04. The smallest absolute Gasteiger partial charge is 0.0605 e. The second-order valence-electron chi connectivity index (χ2n) is 5.95. The molecule has 2 nitrogen and oxygen atoms in total. The van der Waals surface area contributed by atoms with Crippen molar-refractivity contribution in [3.8, 4) is 0 Å². The molecule has 0 fully saturated rings. The number of hydrogen-bond acceptors (Lipinski definition) is 2. The van der Waals surface area contributed by atoms with Gasteiger partial charge in [0.1, 0.15) is 0 Å². The molecule has 102 valence electrons. The number of pyridine rings is 1. The van der Waals surface area contributed by atoms with Crippen LogP contribution in [0.2, 0.25) is 0 Å². The van der Waals surface area contributed by atoms with Crippen molar-refractivity contribution in [2.45, 2.75) is 44.2 Å². The number of aryl methyl sites for hydroxylation is 2. The number of rotatable bonds is 2. The molecular weight excluding hydrogens is 244 g/mol. The van der Waals surface area contributed by atoms with Gasteiger partial charge in [-0.1, -0.05) is 30.3 Å². The van der Waals surface area contributed by atoms with Crippen molar-refractivity contribution < 1.29 is 0 Å². The van der Waals surface area contributed by atoms with Crippen LogP contribution in [0.4, 0.5) is 0 Å². The standard InChI is InChI=1S/C18H20N2/c1-2-8-15-13(5-1)6-3-9-16(15)20-17-11-10-14-7-4-12-19-18(14)17/h1-2,4-5,7-8,12,16-17,20H,3,6,9-11H2. The topological polar surface area (TPSA) is 24.9 Å². The third kappa shape index (κ3) is 2.04. The number of nitrogens with zero attached hydrogens (tertiary/aromatic N) is 1. The summed E-state index contributed by atoms with van der Waals surface area (Å²) >= 11 is 0. The molecule has 2 aliphatic rings. The Morgan fingerprint density at radius 2 is 1.80 bits per heavy atom. The van der Waals surface area contributed by atoms with Crippen molar-refractivity contribution in [1.29, 1.82) is 0 Å². The predicted molar refractivity (Wildman–Crippen MR) is 80.6 cm³/mol. The monoisotopic (exact) mass is 264 g/mol. The van der Waals surface area contributed by atoms with Crippen molar-refractivity contribution in [2.24, 2.45) is 0 Å². The highest BCUT2D eigenvalue weighted by molar-refractivity contribution is 5.33. The molecule has 2 atom stereocenters. The lowest BCUT2D eigenvalue weighted by Gasteiger charge is -2.29. The van der Waals surface area contributed by atoms with Crippen molar-refractivity contribution in [3.63, 3.8) is 0 Å². The molecule has 2 aliphatic carbocycles. The van der Waals surface area contributed by atoms with Gasteiger partial charge in [-0.15, -0.1) is 0 Å². The highest BCUT2D eigenvalue weighted by Crippen LogP contribution is 2.35. The minimum atomic E-state index is 0.433. The molecule has 20 heavy (non-hydrogen) atoms. The fourth-order valence-electron chi connectivity index (χ4n) is 3.74. The maximum Gasteiger partial charge on any atom is 0.0605 e. The van der Waals surface area contributed by atoms with Crippen LogP contribution in [0.15, 0.2) is 42.6 Å². The zero-order valence-corrected chi connectivity index (χ0v) is 11.7. The Morgan fingerprint density at radius 1 is 0.900 bits per heavy atom. The van der Waals surface area contributed by atoms with E-state index in [9.17, 15) is 0 Å². The largest absolute Gasteiger partial charge is 0.302 e. The van der Waals surface area contributed by atoms with E-state index >= 15 is 0 Å². The molecule has 0 saturated heterocycles. The summed E-state index contributed by atoms with van der Waals surface area (Å²) in [6, 6.07) is 14.1. The SMILES string of the molecule is c1ccc2c(c1)CCCC2NC1CCc2cccnc21. The lowest BCUT2D eigenvalue weighted by molar-refractivity contribution is 0.395. The molecule has 2 aromatic rings. The van der Waals surface area contributed by atoms with Crippen LogP contribution in [0.25, 0.3) is 0 Å². The normalized spacial score (nSPS) is 24.2. The highest BCUT2D eigenvalue weighted by atomic mass is 15.0. The molecule has 2 unspecified atom stereocenters.